The van der Waals surface area contributed by atoms with E-state index in [1.807, 2.05) is 0 Å². The van der Waals surface area contributed by atoms with Crippen LogP contribution in [-0.4, -0.2) is 11.1 Å². The van der Waals surface area contributed by atoms with Gasteiger partial charge in [0, 0.05) is 4.90 Å². The molecular formula is C13H20N2S. The average molecular weight is 236 g/mol. The van der Waals surface area contributed by atoms with E-state index in [1.54, 1.807) is 11.8 Å². The summed E-state index contributed by atoms with van der Waals surface area (Å²) < 4.78 is 0. The Balaban J connectivity index is 2.71. The fraction of sp³-hybridized carbons (Fsp3) is 0.462. The lowest BCUT2D eigenvalue weighted by molar-refractivity contribution is 0.864. The summed E-state index contributed by atoms with van der Waals surface area (Å²) in [4.78, 5) is 1.19. The van der Waals surface area contributed by atoms with Gasteiger partial charge in [0.2, 0.25) is 0 Å². The first-order valence-electron chi connectivity index (χ1n) is 5.65. The smallest absolute Gasteiger partial charge is 0.104 e. The zero-order valence-electron chi connectivity index (χ0n) is 10.2. The lowest BCUT2D eigenvalue weighted by atomic mass is 10.0. The van der Waals surface area contributed by atoms with Gasteiger partial charge in [-0.05, 0) is 30.0 Å². The van der Waals surface area contributed by atoms with Gasteiger partial charge in [-0.25, -0.2) is 0 Å². The third-order valence-corrected chi connectivity index (χ3v) is 3.96. The zero-order chi connectivity index (χ0) is 12.1. The van der Waals surface area contributed by atoms with Crippen molar-refractivity contribution in [2.45, 2.75) is 43.3 Å². The van der Waals surface area contributed by atoms with E-state index in [1.165, 1.54) is 10.5 Å². The second kappa shape index (κ2) is 5.94. The van der Waals surface area contributed by atoms with Gasteiger partial charge in [0.25, 0.3) is 0 Å². The molecule has 0 aliphatic rings. The van der Waals surface area contributed by atoms with Gasteiger partial charge in [0.05, 0.1) is 5.25 Å². The lowest BCUT2D eigenvalue weighted by Gasteiger charge is -2.13. The van der Waals surface area contributed by atoms with Crippen LogP contribution in [0.3, 0.4) is 0 Å². The third kappa shape index (κ3) is 3.56. The Kier molecular flexibility index (Phi) is 4.87. The monoisotopic (exact) mass is 236 g/mol. The highest BCUT2D eigenvalue weighted by molar-refractivity contribution is 8.00. The lowest BCUT2D eigenvalue weighted by Crippen LogP contribution is -2.23. The van der Waals surface area contributed by atoms with E-state index in [4.69, 9.17) is 11.1 Å². The minimum atomic E-state index is 0.102. The molecule has 1 unspecified atom stereocenters. The Morgan fingerprint density at radius 1 is 1.31 bits per heavy atom. The molecule has 0 radical (unpaired) electrons. The van der Waals surface area contributed by atoms with Crippen LogP contribution in [0, 0.1) is 5.41 Å². The van der Waals surface area contributed by atoms with Gasteiger partial charge < -0.3 is 5.73 Å². The minimum Gasteiger partial charge on any atom is -0.387 e. The Hall–Kier alpha value is -0.960. The largest absolute Gasteiger partial charge is 0.387 e. The van der Waals surface area contributed by atoms with Crippen molar-refractivity contribution in [1.29, 1.82) is 5.41 Å². The van der Waals surface area contributed by atoms with E-state index >= 15 is 0 Å². The Morgan fingerprint density at radius 2 is 1.88 bits per heavy atom. The second-order valence-corrected chi connectivity index (χ2v) is 5.47. The quantitative estimate of drug-likeness (QED) is 0.466. The molecular weight excluding hydrogens is 216 g/mol. The highest BCUT2D eigenvalue weighted by Crippen LogP contribution is 2.26. The van der Waals surface area contributed by atoms with Gasteiger partial charge in [0.1, 0.15) is 5.84 Å². The zero-order valence-corrected chi connectivity index (χ0v) is 11.0. The first-order valence-corrected chi connectivity index (χ1v) is 6.53. The van der Waals surface area contributed by atoms with E-state index in [0.717, 1.165) is 6.42 Å². The molecule has 2 nitrogen and oxygen atoms in total. The van der Waals surface area contributed by atoms with Crippen molar-refractivity contribution < 1.29 is 0 Å². The molecule has 1 aromatic rings. The van der Waals surface area contributed by atoms with Crippen LogP contribution in [0.2, 0.25) is 0 Å². The van der Waals surface area contributed by atoms with Crippen molar-refractivity contribution in [3.8, 4) is 0 Å². The number of benzene rings is 1. The van der Waals surface area contributed by atoms with Crippen molar-refractivity contribution in [3.63, 3.8) is 0 Å². The topological polar surface area (TPSA) is 49.9 Å². The van der Waals surface area contributed by atoms with E-state index < -0.39 is 0 Å². The molecule has 1 atom stereocenters. The summed E-state index contributed by atoms with van der Waals surface area (Å²) in [5.74, 6) is 0.828. The van der Waals surface area contributed by atoms with Crippen molar-refractivity contribution in [1.82, 2.24) is 0 Å². The number of rotatable bonds is 5. The van der Waals surface area contributed by atoms with Gasteiger partial charge >= 0.3 is 0 Å². The maximum absolute atomic E-state index is 7.47. The first kappa shape index (κ1) is 13.1. The highest BCUT2D eigenvalue weighted by atomic mass is 32.2. The van der Waals surface area contributed by atoms with Crippen LogP contribution in [0.15, 0.2) is 29.2 Å². The molecule has 0 heterocycles. The molecule has 0 amide bonds. The molecule has 0 aliphatic heterocycles. The van der Waals surface area contributed by atoms with Gasteiger partial charge in [0.15, 0.2) is 0 Å². The molecule has 16 heavy (non-hydrogen) atoms. The molecule has 0 spiro atoms. The summed E-state index contributed by atoms with van der Waals surface area (Å²) in [6, 6.07) is 8.54. The van der Waals surface area contributed by atoms with Crippen molar-refractivity contribution >= 4 is 17.6 Å². The second-order valence-electron chi connectivity index (χ2n) is 4.19. The van der Waals surface area contributed by atoms with Crippen LogP contribution in [0.1, 0.15) is 38.7 Å². The van der Waals surface area contributed by atoms with Crippen LogP contribution < -0.4 is 5.73 Å². The summed E-state index contributed by atoms with van der Waals surface area (Å²) in [6.07, 6.45) is 0.895. The van der Waals surface area contributed by atoms with Crippen LogP contribution in [0.4, 0.5) is 0 Å². The molecule has 1 rings (SSSR count). The Bertz CT molecular complexity index is 343. The number of hydrogen-bond acceptors (Lipinski definition) is 2. The van der Waals surface area contributed by atoms with E-state index in [-0.39, 0.29) is 11.1 Å². The number of hydrogen-bond donors (Lipinski definition) is 2. The number of nitrogens with one attached hydrogen (secondary N) is 1. The number of thioether (sulfide) groups is 1. The fourth-order valence-corrected chi connectivity index (χ4v) is 2.38. The molecule has 1 aromatic carbocycles. The Labute approximate surface area is 102 Å². The Morgan fingerprint density at radius 3 is 2.25 bits per heavy atom. The van der Waals surface area contributed by atoms with Crippen LogP contribution in [0.5, 0.6) is 0 Å². The van der Waals surface area contributed by atoms with Crippen molar-refractivity contribution in [3.05, 3.63) is 29.8 Å². The standard InChI is InChI=1S/C13H20N2S/c1-4-12(13(14)15)16-11-7-5-10(6-8-11)9(2)3/h5-9,12H,4H2,1-3H3,(H3,14,15). The summed E-state index contributed by atoms with van der Waals surface area (Å²) in [7, 11) is 0. The predicted octanol–water partition coefficient (Wildman–Crippen LogP) is 3.62. The molecule has 0 saturated carbocycles. The summed E-state index contributed by atoms with van der Waals surface area (Å²) >= 11 is 1.67. The van der Waals surface area contributed by atoms with E-state index in [0.29, 0.717) is 5.92 Å². The molecule has 0 bridgehead atoms. The molecule has 88 valence electrons. The maximum Gasteiger partial charge on any atom is 0.104 e. The summed E-state index contributed by atoms with van der Waals surface area (Å²) in [5, 5.41) is 7.57. The normalized spacial score (nSPS) is 12.8. The molecule has 0 aromatic heterocycles. The molecule has 0 saturated heterocycles. The van der Waals surface area contributed by atoms with Gasteiger partial charge in [-0.3, -0.25) is 5.41 Å². The summed E-state index contributed by atoms with van der Waals surface area (Å²) in [6.45, 7) is 6.43. The van der Waals surface area contributed by atoms with Crippen molar-refractivity contribution in [2.75, 3.05) is 0 Å². The maximum atomic E-state index is 7.47. The third-order valence-electron chi connectivity index (χ3n) is 2.54. The average Bonchev–Trinajstić information content (AvgIpc) is 2.26. The van der Waals surface area contributed by atoms with Gasteiger partial charge in [-0.1, -0.05) is 32.9 Å². The molecule has 0 fully saturated rings. The SMILES string of the molecule is CCC(Sc1ccc(C(C)C)cc1)C(=N)N. The van der Waals surface area contributed by atoms with Gasteiger partial charge in [-0.15, -0.1) is 11.8 Å². The number of nitrogens with two attached hydrogens (primary N) is 1. The first-order chi connectivity index (χ1) is 7.54. The van der Waals surface area contributed by atoms with Crippen LogP contribution >= 0.6 is 11.8 Å². The highest BCUT2D eigenvalue weighted by Gasteiger charge is 2.11. The fourth-order valence-electron chi connectivity index (χ4n) is 1.46. The van der Waals surface area contributed by atoms with E-state index in [2.05, 4.69) is 45.0 Å². The van der Waals surface area contributed by atoms with Crippen molar-refractivity contribution in [2.24, 2.45) is 5.73 Å². The summed E-state index contributed by atoms with van der Waals surface area (Å²) in [5.41, 5.74) is 6.88. The molecule has 0 aliphatic carbocycles. The van der Waals surface area contributed by atoms with E-state index in [9.17, 15) is 0 Å². The minimum absolute atomic E-state index is 0.102. The molecule has 3 N–H and O–H groups in total. The molecule has 3 heteroatoms. The number of amidine groups is 1. The van der Waals surface area contributed by atoms with Gasteiger partial charge in [-0.2, -0.15) is 0 Å². The van der Waals surface area contributed by atoms with Crippen LogP contribution in [-0.2, 0) is 0 Å². The predicted molar refractivity (Wildman–Crippen MR) is 72.4 cm³/mol. The van der Waals surface area contributed by atoms with Crippen LogP contribution in [0.25, 0.3) is 0 Å².